The summed E-state index contributed by atoms with van der Waals surface area (Å²) in [4.78, 5) is 25.4. The van der Waals surface area contributed by atoms with Gasteiger partial charge in [0, 0.05) is 26.7 Å². The molecule has 14 heavy (non-hydrogen) atoms. The molecule has 0 bridgehead atoms. The van der Waals surface area contributed by atoms with E-state index in [4.69, 9.17) is 5.11 Å². The second kappa shape index (κ2) is 4.41. The number of amides is 1. The second-order valence-electron chi connectivity index (χ2n) is 3.64. The molecule has 1 aliphatic heterocycles. The first-order chi connectivity index (χ1) is 6.54. The molecule has 1 aliphatic rings. The molecule has 0 saturated carbocycles. The summed E-state index contributed by atoms with van der Waals surface area (Å²) < 4.78 is 0. The largest absolute Gasteiger partial charge is 0.481 e. The predicted octanol–water partition coefficient (Wildman–Crippen LogP) is -0.519. The Balaban J connectivity index is 2.23. The van der Waals surface area contributed by atoms with Crippen LogP contribution in [0.3, 0.4) is 0 Å². The Kier molecular flexibility index (Phi) is 3.46. The van der Waals surface area contributed by atoms with E-state index in [0.29, 0.717) is 26.2 Å². The number of carbonyl (C=O) groups is 2. The Morgan fingerprint density at radius 2 is 2.07 bits per heavy atom. The van der Waals surface area contributed by atoms with E-state index in [2.05, 4.69) is 0 Å². The maximum absolute atomic E-state index is 11.4. The lowest BCUT2D eigenvalue weighted by Gasteiger charge is -2.36. The van der Waals surface area contributed by atoms with Crippen LogP contribution in [0, 0.1) is 5.92 Å². The number of carboxylic acid groups (broad SMARTS) is 1. The number of likely N-dealkylation sites (N-methyl/N-ethyl adjacent to an activating group) is 1. The number of likely N-dealkylation sites (tertiary alicyclic amines) is 1. The molecule has 0 aromatic rings. The van der Waals surface area contributed by atoms with Crippen molar-refractivity contribution in [3.05, 3.63) is 0 Å². The summed E-state index contributed by atoms with van der Waals surface area (Å²) in [6, 6.07) is 0. The number of hydrogen-bond donors (Lipinski definition) is 1. The van der Waals surface area contributed by atoms with Crippen molar-refractivity contribution in [3.63, 3.8) is 0 Å². The minimum absolute atomic E-state index is 0.0522. The lowest BCUT2D eigenvalue weighted by atomic mass is 10.0. The highest BCUT2D eigenvalue weighted by Gasteiger charge is 2.33. The monoisotopic (exact) mass is 200 g/mol. The molecule has 1 rings (SSSR count). The maximum Gasteiger partial charge on any atom is 0.309 e. The average Bonchev–Trinajstić information content (AvgIpc) is 2.07. The zero-order chi connectivity index (χ0) is 10.7. The van der Waals surface area contributed by atoms with E-state index in [1.807, 2.05) is 11.8 Å². The van der Waals surface area contributed by atoms with Gasteiger partial charge < -0.3 is 10.0 Å². The van der Waals surface area contributed by atoms with Crippen molar-refractivity contribution >= 4 is 11.9 Å². The third-order valence-corrected chi connectivity index (χ3v) is 2.57. The number of hydrogen-bond acceptors (Lipinski definition) is 3. The summed E-state index contributed by atoms with van der Waals surface area (Å²) in [5.74, 6) is -0.997. The molecule has 1 amide bonds. The Bertz CT molecular complexity index is 236. The number of rotatable bonds is 4. The van der Waals surface area contributed by atoms with E-state index in [1.54, 1.807) is 11.9 Å². The van der Waals surface area contributed by atoms with Gasteiger partial charge in [0.2, 0.25) is 5.91 Å². The summed E-state index contributed by atoms with van der Waals surface area (Å²) in [7, 11) is 1.75. The van der Waals surface area contributed by atoms with Gasteiger partial charge in [0.25, 0.3) is 0 Å². The van der Waals surface area contributed by atoms with Gasteiger partial charge in [-0.15, -0.1) is 0 Å². The highest BCUT2D eigenvalue weighted by atomic mass is 16.4. The molecule has 1 N–H and O–H groups in total. The Labute approximate surface area is 83.3 Å². The van der Waals surface area contributed by atoms with E-state index in [1.165, 1.54) is 0 Å². The SMILES string of the molecule is CCN(C)C(=O)CN1CC(C(=O)O)C1. The molecule has 1 heterocycles. The van der Waals surface area contributed by atoms with Gasteiger partial charge in [0.05, 0.1) is 12.5 Å². The van der Waals surface area contributed by atoms with E-state index in [0.717, 1.165) is 0 Å². The summed E-state index contributed by atoms with van der Waals surface area (Å²) in [5.41, 5.74) is 0. The van der Waals surface area contributed by atoms with Crippen molar-refractivity contribution in [2.45, 2.75) is 6.92 Å². The van der Waals surface area contributed by atoms with Crippen molar-refractivity contribution in [1.29, 1.82) is 0 Å². The second-order valence-corrected chi connectivity index (χ2v) is 3.64. The molecule has 0 aliphatic carbocycles. The first-order valence-corrected chi connectivity index (χ1v) is 4.73. The normalized spacial score (nSPS) is 17.6. The molecule has 0 atom stereocenters. The topological polar surface area (TPSA) is 60.9 Å². The van der Waals surface area contributed by atoms with Crippen LogP contribution >= 0.6 is 0 Å². The van der Waals surface area contributed by atoms with Crippen LogP contribution in [0.15, 0.2) is 0 Å². The first-order valence-electron chi connectivity index (χ1n) is 4.73. The van der Waals surface area contributed by atoms with E-state index >= 15 is 0 Å². The van der Waals surface area contributed by atoms with Crippen LogP contribution in [-0.2, 0) is 9.59 Å². The fourth-order valence-electron chi connectivity index (χ4n) is 1.34. The van der Waals surface area contributed by atoms with Crippen LogP contribution in [0.25, 0.3) is 0 Å². The third-order valence-electron chi connectivity index (χ3n) is 2.57. The van der Waals surface area contributed by atoms with Crippen molar-refractivity contribution < 1.29 is 14.7 Å². The number of nitrogens with zero attached hydrogens (tertiary/aromatic N) is 2. The predicted molar refractivity (Wildman–Crippen MR) is 50.9 cm³/mol. The van der Waals surface area contributed by atoms with Crippen molar-refractivity contribution in [1.82, 2.24) is 9.80 Å². The van der Waals surface area contributed by atoms with Gasteiger partial charge in [0.15, 0.2) is 0 Å². The van der Waals surface area contributed by atoms with Crippen LogP contribution in [0.4, 0.5) is 0 Å². The molecule has 5 nitrogen and oxygen atoms in total. The zero-order valence-electron chi connectivity index (χ0n) is 8.56. The Hall–Kier alpha value is -1.10. The van der Waals surface area contributed by atoms with E-state index in [-0.39, 0.29) is 11.8 Å². The van der Waals surface area contributed by atoms with Gasteiger partial charge in [-0.05, 0) is 6.92 Å². The fraction of sp³-hybridized carbons (Fsp3) is 0.778. The van der Waals surface area contributed by atoms with Crippen LogP contribution in [0.5, 0.6) is 0 Å². The molecule has 0 aromatic carbocycles. The molecule has 80 valence electrons. The smallest absolute Gasteiger partial charge is 0.309 e. The lowest BCUT2D eigenvalue weighted by molar-refractivity contribution is -0.149. The summed E-state index contributed by atoms with van der Waals surface area (Å²) >= 11 is 0. The third kappa shape index (κ3) is 2.45. The van der Waals surface area contributed by atoms with E-state index in [9.17, 15) is 9.59 Å². The summed E-state index contributed by atoms with van der Waals surface area (Å²) in [6.45, 7) is 3.94. The lowest BCUT2D eigenvalue weighted by Crippen LogP contribution is -2.53. The van der Waals surface area contributed by atoms with Gasteiger partial charge in [-0.2, -0.15) is 0 Å². The van der Waals surface area contributed by atoms with Gasteiger partial charge in [-0.3, -0.25) is 14.5 Å². The standard InChI is InChI=1S/C9H16N2O3/c1-3-10(2)8(12)6-11-4-7(5-11)9(13)14/h7H,3-6H2,1-2H3,(H,13,14). The summed E-state index contributed by atoms with van der Waals surface area (Å²) in [6.07, 6.45) is 0. The Morgan fingerprint density at radius 1 is 1.50 bits per heavy atom. The Morgan fingerprint density at radius 3 is 2.50 bits per heavy atom. The molecule has 0 aromatic heterocycles. The van der Waals surface area contributed by atoms with Crippen molar-refractivity contribution in [3.8, 4) is 0 Å². The number of carboxylic acids is 1. The molecular formula is C9H16N2O3. The van der Waals surface area contributed by atoms with Crippen LogP contribution in [0.1, 0.15) is 6.92 Å². The van der Waals surface area contributed by atoms with Crippen molar-refractivity contribution in [2.75, 3.05) is 33.2 Å². The van der Waals surface area contributed by atoms with Crippen LogP contribution in [0.2, 0.25) is 0 Å². The minimum atomic E-state index is -0.766. The maximum atomic E-state index is 11.4. The van der Waals surface area contributed by atoms with Crippen LogP contribution < -0.4 is 0 Å². The van der Waals surface area contributed by atoms with Gasteiger partial charge >= 0.3 is 5.97 Å². The van der Waals surface area contributed by atoms with Crippen LogP contribution in [-0.4, -0.2) is 60.0 Å². The first kappa shape index (κ1) is 11.0. The zero-order valence-corrected chi connectivity index (χ0v) is 8.56. The fourth-order valence-corrected chi connectivity index (χ4v) is 1.34. The van der Waals surface area contributed by atoms with E-state index < -0.39 is 5.97 Å². The molecule has 1 saturated heterocycles. The van der Waals surface area contributed by atoms with Gasteiger partial charge in [0.1, 0.15) is 0 Å². The molecule has 5 heteroatoms. The summed E-state index contributed by atoms with van der Waals surface area (Å²) in [5, 5.41) is 8.62. The minimum Gasteiger partial charge on any atom is -0.481 e. The highest BCUT2D eigenvalue weighted by Crippen LogP contribution is 2.14. The highest BCUT2D eigenvalue weighted by molar-refractivity contribution is 5.78. The van der Waals surface area contributed by atoms with Crippen molar-refractivity contribution in [2.24, 2.45) is 5.92 Å². The molecule has 0 radical (unpaired) electrons. The van der Waals surface area contributed by atoms with Gasteiger partial charge in [-0.1, -0.05) is 0 Å². The quantitative estimate of drug-likeness (QED) is 0.663. The van der Waals surface area contributed by atoms with Gasteiger partial charge in [-0.25, -0.2) is 0 Å². The molecule has 0 spiro atoms. The number of carbonyl (C=O) groups excluding carboxylic acids is 1. The average molecular weight is 200 g/mol. The number of aliphatic carboxylic acids is 1. The molecule has 1 fully saturated rings. The molecular weight excluding hydrogens is 184 g/mol. The molecule has 0 unspecified atom stereocenters.